The average Bonchev–Trinajstić information content (AvgIpc) is 2.53. The van der Waals surface area contributed by atoms with Gasteiger partial charge >= 0.3 is 0 Å². The Morgan fingerprint density at radius 2 is 1.86 bits per heavy atom. The van der Waals surface area contributed by atoms with Gasteiger partial charge in [-0.3, -0.25) is 0 Å². The minimum absolute atomic E-state index is 0.317. The molecule has 0 aliphatic rings. The fourth-order valence-corrected chi connectivity index (χ4v) is 2.48. The van der Waals surface area contributed by atoms with Crippen LogP contribution in [0.3, 0.4) is 0 Å². The molecule has 0 spiro atoms. The lowest BCUT2D eigenvalue weighted by molar-refractivity contribution is 0.414. The van der Waals surface area contributed by atoms with Crippen LogP contribution in [0.2, 0.25) is 0 Å². The first-order valence-electron chi connectivity index (χ1n) is 7.24. The van der Waals surface area contributed by atoms with Gasteiger partial charge in [-0.1, -0.05) is 24.3 Å². The molecule has 3 nitrogen and oxygen atoms in total. The lowest BCUT2D eigenvalue weighted by Crippen LogP contribution is -2.16. The third-order valence-corrected chi connectivity index (χ3v) is 3.76. The van der Waals surface area contributed by atoms with Gasteiger partial charge in [0.1, 0.15) is 5.75 Å². The number of hydrogen-bond donors (Lipinski definition) is 1. The zero-order valence-corrected chi connectivity index (χ0v) is 13.0. The monoisotopic (exact) mass is 284 g/mol. The summed E-state index contributed by atoms with van der Waals surface area (Å²) in [5.74, 6) is 1.21. The molecule has 2 rings (SSSR count). The van der Waals surface area contributed by atoms with Crippen LogP contribution < -0.4 is 15.4 Å². The van der Waals surface area contributed by atoms with Crippen LogP contribution in [0, 0.1) is 0 Å². The maximum atomic E-state index is 6.00. The van der Waals surface area contributed by atoms with Gasteiger partial charge < -0.3 is 15.4 Å². The second kappa shape index (κ2) is 7.14. The Labute approximate surface area is 127 Å². The normalized spacial score (nSPS) is 12.0. The van der Waals surface area contributed by atoms with Crippen molar-refractivity contribution in [3.05, 3.63) is 59.7 Å². The molecule has 2 aromatic rings. The summed E-state index contributed by atoms with van der Waals surface area (Å²) < 4.78 is 5.29. The van der Waals surface area contributed by atoms with E-state index in [2.05, 4.69) is 55.4 Å². The van der Waals surface area contributed by atoms with E-state index < -0.39 is 0 Å². The van der Waals surface area contributed by atoms with Crippen LogP contribution in [-0.4, -0.2) is 27.7 Å². The highest BCUT2D eigenvalue weighted by Crippen LogP contribution is 2.25. The van der Waals surface area contributed by atoms with Gasteiger partial charge in [0, 0.05) is 25.7 Å². The molecule has 1 atom stereocenters. The molecule has 0 aromatic heterocycles. The van der Waals surface area contributed by atoms with E-state index >= 15 is 0 Å². The van der Waals surface area contributed by atoms with Gasteiger partial charge in [-0.15, -0.1) is 0 Å². The molecule has 0 aliphatic carbocycles. The first-order valence-corrected chi connectivity index (χ1v) is 7.24. The van der Waals surface area contributed by atoms with Crippen molar-refractivity contribution in [2.45, 2.75) is 12.3 Å². The van der Waals surface area contributed by atoms with E-state index in [1.165, 1.54) is 16.8 Å². The first kappa shape index (κ1) is 15.4. The van der Waals surface area contributed by atoms with E-state index in [1.807, 2.05) is 12.1 Å². The third-order valence-electron chi connectivity index (χ3n) is 3.76. The molecule has 112 valence electrons. The van der Waals surface area contributed by atoms with Gasteiger partial charge in [-0.25, -0.2) is 0 Å². The van der Waals surface area contributed by atoms with E-state index in [1.54, 1.807) is 7.11 Å². The highest BCUT2D eigenvalue weighted by molar-refractivity contribution is 5.48. The van der Waals surface area contributed by atoms with Crippen molar-refractivity contribution in [2.24, 2.45) is 5.73 Å². The summed E-state index contributed by atoms with van der Waals surface area (Å²) in [7, 11) is 5.80. The first-order chi connectivity index (χ1) is 10.1. The van der Waals surface area contributed by atoms with Crippen LogP contribution in [0.5, 0.6) is 5.75 Å². The second-order valence-electron chi connectivity index (χ2n) is 5.48. The van der Waals surface area contributed by atoms with Gasteiger partial charge in [-0.05, 0) is 48.4 Å². The molecule has 21 heavy (non-hydrogen) atoms. The fourth-order valence-electron chi connectivity index (χ4n) is 2.48. The molecule has 0 bridgehead atoms. The number of nitrogens with zero attached hydrogens (tertiary/aromatic N) is 1. The van der Waals surface area contributed by atoms with Gasteiger partial charge in [0.25, 0.3) is 0 Å². The van der Waals surface area contributed by atoms with Crippen molar-refractivity contribution in [1.82, 2.24) is 0 Å². The van der Waals surface area contributed by atoms with Crippen LogP contribution in [-0.2, 0) is 6.42 Å². The number of ether oxygens (including phenoxy) is 1. The molecule has 0 fully saturated rings. The number of rotatable bonds is 6. The summed E-state index contributed by atoms with van der Waals surface area (Å²) in [5, 5.41) is 0. The number of anilines is 1. The number of methoxy groups -OCH3 is 1. The van der Waals surface area contributed by atoms with Crippen molar-refractivity contribution in [3.63, 3.8) is 0 Å². The van der Waals surface area contributed by atoms with E-state index in [-0.39, 0.29) is 0 Å². The second-order valence-corrected chi connectivity index (χ2v) is 5.48. The summed E-state index contributed by atoms with van der Waals surface area (Å²) in [6, 6.07) is 16.8. The van der Waals surface area contributed by atoms with Crippen LogP contribution >= 0.6 is 0 Å². The minimum atomic E-state index is 0.317. The van der Waals surface area contributed by atoms with Crippen molar-refractivity contribution < 1.29 is 4.74 Å². The summed E-state index contributed by atoms with van der Waals surface area (Å²) >= 11 is 0. The molecule has 0 aliphatic heterocycles. The van der Waals surface area contributed by atoms with Crippen LogP contribution in [0.15, 0.2) is 48.5 Å². The molecule has 0 saturated carbocycles. The number of hydrogen-bond acceptors (Lipinski definition) is 3. The molecular formula is C18H24N2O. The maximum Gasteiger partial charge on any atom is 0.119 e. The maximum absolute atomic E-state index is 6.00. The smallest absolute Gasteiger partial charge is 0.119 e. The van der Waals surface area contributed by atoms with Crippen molar-refractivity contribution in [1.29, 1.82) is 0 Å². The van der Waals surface area contributed by atoms with Crippen molar-refractivity contribution in [3.8, 4) is 5.75 Å². The molecule has 2 aromatic carbocycles. The molecule has 1 unspecified atom stereocenters. The molecule has 0 saturated heterocycles. The SMILES string of the molecule is COc1cccc(CC(CN)c2cccc(N(C)C)c2)c1. The lowest BCUT2D eigenvalue weighted by Gasteiger charge is -2.19. The molecule has 3 heteroatoms. The van der Waals surface area contributed by atoms with Crippen LogP contribution in [0.4, 0.5) is 5.69 Å². The minimum Gasteiger partial charge on any atom is -0.497 e. The topological polar surface area (TPSA) is 38.5 Å². The Hall–Kier alpha value is -2.00. The van der Waals surface area contributed by atoms with Gasteiger partial charge in [0.15, 0.2) is 0 Å². The van der Waals surface area contributed by atoms with E-state index in [4.69, 9.17) is 10.5 Å². The van der Waals surface area contributed by atoms with E-state index in [0.29, 0.717) is 12.5 Å². The van der Waals surface area contributed by atoms with Gasteiger partial charge in [-0.2, -0.15) is 0 Å². The predicted molar refractivity (Wildman–Crippen MR) is 89.3 cm³/mol. The number of benzene rings is 2. The molecule has 0 radical (unpaired) electrons. The Morgan fingerprint density at radius 3 is 2.52 bits per heavy atom. The summed E-state index contributed by atoms with van der Waals surface area (Å²) in [5.41, 5.74) is 9.74. The molecule has 0 amide bonds. The highest BCUT2D eigenvalue weighted by atomic mass is 16.5. The Balaban J connectivity index is 2.21. The largest absolute Gasteiger partial charge is 0.497 e. The van der Waals surface area contributed by atoms with Gasteiger partial charge in [0.05, 0.1) is 7.11 Å². The summed E-state index contributed by atoms with van der Waals surface area (Å²) in [6.45, 7) is 0.633. The van der Waals surface area contributed by atoms with Crippen LogP contribution in [0.25, 0.3) is 0 Å². The third kappa shape index (κ3) is 3.99. The molecular weight excluding hydrogens is 260 g/mol. The quantitative estimate of drug-likeness (QED) is 0.886. The Morgan fingerprint density at radius 1 is 1.10 bits per heavy atom. The molecule has 0 heterocycles. The Kier molecular flexibility index (Phi) is 5.23. The molecule has 2 N–H and O–H groups in total. The highest BCUT2D eigenvalue weighted by Gasteiger charge is 2.12. The van der Waals surface area contributed by atoms with E-state index in [9.17, 15) is 0 Å². The average molecular weight is 284 g/mol. The standard InChI is InChI=1S/C18H24N2O/c1-20(2)17-8-5-7-15(12-17)16(13-19)10-14-6-4-9-18(11-14)21-3/h4-9,11-12,16H,10,13,19H2,1-3H3. The van der Waals surface area contributed by atoms with Crippen LogP contribution in [0.1, 0.15) is 17.0 Å². The zero-order valence-electron chi connectivity index (χ0n) is 13.0. The lowest BCUT2D eigenvalue weighted by atomic mass is 9.91. The van der Waals surface area contributed by atoms with E-state index in [0.717, 1.165) is 12.2 Å². The van der Waals surface area contributed by atoms with Crippen molar-refractivity contribution in [2.75, 3.05) is 32.6 Å². The zero-order chi connectivity index (χ0) is 15.2. The fraction of sp³-hybridized carbons (Fsp3) is 0.333. The van der Waals surface area contributed by atoms with Crippen molar-refractivity contribution >= 4 is 5.69 Å². The summed E-state index contributed by atoms with van der Waals surface area (Å²) in [6.07, 6.45) is 0.921. The summed E-state index contributed by atoms with van der Waals surface area (Å²) in [4.78, 5) is 2.11. The Bertz CT molecular complexity index is 581. The number of nitrogens with two attached hydrogens (primary N) is 1. The predicted octanol–water partition coefficient (Wildman–Crippen LogP) is 3.05. The van der Waals surface area contributed by atoms with Gasteiger partial charge in [0.2, 0.25) is 0 Å².